The first-order valence-electron chi connectivity index (χ1n) is 8.09. The van der Waals surface area contributed by atoms with Crippen molar-refractivity contribution in [2.75, 3.05) is 13.1 Å². The molecule has 0 saturated carbocycles. The topological polar surface area (TPSA) is 78.9 Å². The van der Waals surface area contributed by atoms with Gasteiger partial charge >= 0.3 is 6.09 Å². The number of benzene rings is 1. The Morgan fingerprint density at radius 3 is 2.46 bits per heavy atom. The number of ether oxygens (including phenoxy) is 2. The molecule has 0 bridgehead atoms. The van der Waals surface area contributed by atoms with E-state index in [0.717, 1.165) is 5.56 Å². The fourth-order valence-electron chi connectivity index (χ4n) is 2.61. The van der Waals surface area contributed by atoms with Gasteiger partial charge in [-0.2, -0.15) is 0 Å². The van der Waals surface area contributed by atoms with E-state index < -0.39 is 23.6 Å². The number of hydrogen-bond donors (Lipinski definition) is 0. The molecule has 0 N–H and O–H groups in total. The molecule has 6 nitrogen and oxygen atoms in total. The minimum atomic E-state index is -1.17. The van der Waals surface area contributed by atoms with E-state index in [1.807, 2.05) is 30.3 Å². The van der Waals surface area contributed by atoms with Gasteiger partial charge in [0.1, 0.15) is 5.60 Å². The molecule has 1 fully saturated rings. The van der Waals surface area contributed by atoms with E-state index in [4.69, 9.17) is 9.47 Å². The second-order valence-electron chi connectivity index (χ2n) is 7.06. The summed E-state index contributed by atoms with van der Waals surface area (Å²) in [5.74, 6) is -1.93. The van der Waals surface area contributed by atoms with Gasteiger partial charge < -0.3 is 24.3 Å². The lowest BCUT2D eigenvalue weighted by atomic mass is 9.96. The second kappa shape index (κ2) is 7.66. The van der Waals surface area contributed by atoms with Gasteiger partial charge in [0.2, 0.25) is 0 Å². The summed E-state index contributed by atoms with van der Waals surface area (Å²) in [4.78, 5) is 24.9. The number of hydrogen-bond acceptors (Lipinski definition) is 5. The van der Waals surface area contributed by atoms with Crippen molar-refractivity contribution >= 4 is 12.1 Å². The first-order valence-corrected chi connectivity index (χ1v) is 8.09. The highest BCUT2D eigenvalue weighted by atomic mass is 16.6. The molecule has 1 heterocycles. The van der Waals surface area contributed by atoms with Crippen LogP contribution in [0.5, 0.6) is 0 Å². The zero-order chi connectivity index (χ0) is 17.7. The van der Waals surface area contributed by atoms with E-state index in [1.54, 1.807) is 20.8 Å². The van der Waals surface area contributed by atoms with Crippen LogP contribution in [0.25, 0.3) is 0 Å². The Hall–Kier alpha value is -2.08. The minimum absolute atomic E-state index is 0.0858. The molecule has 0 aromatic heterocycles. The highest BCUT2D eigenvalue weighted by molar-refractivity contribution is 5.72. The first-order chi connectivity index (χ1) is 11.2. The van der Waals surface area contributed by atoms with E-state index in [9.17, 15) is 14.7 Å². The molecule has 0 aliphatic carbocycles. The van der Waals surface area contributed by atoms with Crippen LogP contribution in [0.3, 0.4) is 0 Å². The van der Waals surface area contributed by atoms with Gasteiger partial charge in [-0.3, -0.25) is 0 Å². The Labute approximate surface area is 142 Å². The monoisotopic (exact) mass is 334 g/mol. The summed E-state index contributed by atoms with van der Waals surface area (Å²) >= 11 is 0. The Balaban J connectivity index is 2.00. The zero-order valence-electron chi connectivity index (χ0n) is 14.4. The summed E-state index contributed by atoms with van der Waals surface area (Å²) in [6.45, 7) is 6.08. The lowest BCUT2D eigenvalue weighted by Crippen LogP contribution is -2.52. The lowest BCUT2D eigenvalue weighted by molar-refractivity contribution is -0.313. The van der Waals surface area contributed by atoms with E-state index >= 15 is 0 Å². The molecule has 2 rings (SSSR count). The second-order valence-corrected chi connectivity index (χ2v) is 7.06. The van der Waals surface area contributed by atoms with E-state index in [2.05, 4.69) is 0 Å². The Bertz CT molecular complexity index is 567. The zero-order valence-corrected chi connectivity index (χ0v) is 14.4. The van der Waals surface area contributed by atoms with E-state index in [-0.39, 0.29) is 12.6 Å². The molecule has 1 aromatic carbocycles. The Morgan fingerprint density at radius 2 is 1.88 bits per heavy atom. The predicted molar refractivity (Wildman–Crippen MR) is 85.9 cm³/mol. The summed E-state index contributed by atoms with van der Waals surface area (Å²) in [5, 5.41) is 11.3. The Morgan fingerprint density at radius 1 is 1.21 bits per heavy atom. The molecule has 132 valence electrons. The summed E-state index contributed by atoms with van der Waals surface area (Å²) in [6.07, 6.45) is -0.565. The van der Waals surface area contributed by atoms with Crippen molar-refractivity contribution < 1.29 is 24.2 Å². The van der Waals surface area contributed by atoms with Gasteiger partial charge in [0, 0.05) is 18.4 Å². The SMILES string of the molecule is CC(C)(C)OC(=O)N1CC(OCc2ccccc2)CC(C(=O)[O-])C1. The molecule has 24 heavy (non-hydrogen) atoms. The molecular formula is C18H24NO5-. The fraction of sp³-hybridized carbons (Fsp3) is 0.556. The summed E-state index contributed by atoms with van der Waals surface area (Å²) in [7, 11) is 0. The van der Waals surface area contributed by atoms with Gasteiger partial charge in [0.15, 0.2) is 0 Å². The van der Waals surface area contributed by atoms with Crippen LogP contribution < -0.4 is 5.11 Å². The van der Waals surface area contributed by atoms with Crippen LogP contribution in [0, 0.1) is 5.92 Å². The number of carboxylic acids is 1. The molecule has 1 saturated heterocycles. The van der Waals surface area contributed by atoms with Crippen molar-refractivity contribution in [3.05, 3.63) is 35.9 Å². The van der Waals surface area contributed by atoms with Crippen LogP contribution in [-0.2, 0) is 20.9 Å². The van der Waals surface area contributed by atoms with Gasteiger partial charge in [-0.25, -0.2) is 4.79 Å². The Kier molecular flexibility index (Phi) is 5.83. The summed E-state index contributed by atoms with van der Waals surface area (Å²) in [5.41, 5.74) is 0.364. The third-order valence-corrected chi connectivity index (χ3v) is 3.73. The van der Waals surface area contributed by atoms with Gasteiger partial charge in [0.05, 0.1) is 19.3 Å². The van der Waals surface area contributed by atoms with Crippen molar-refractivity contribution in [1.29, 1.82) is 0 Å². The quantitative estimate of drug-likeness (QED) is 0.835. The first kappa shape index (κ1) is 18.3. The molecule has 0 spiro atoms. The molecule has 0 radical (unpaired) electrons. The van der Waals surface area contributed by atoms with Crippen LogP contribution in [0.4, 0.5) is 4.79 Å². The van der Waals surface area contributed by atoms with Crippen molar-refractivity contribution in [3.63, 3.8) is 0 Å². The van der Waals surface area contributed by atoms with Gasteiger partial charge in [0.25, 0.3) is 0 Å². The maximum absolute atomic E-state index is 12.2. The van der Waals surface area contributed by atoms with Crippen LogP contribution in [-0.4, -0.2) is 41.8 Å². The van der Waals surface area contributed by atoms with E-state index in [1.165, 1.54) is 4.90 Å². The molecule has 2 unspecified atom stereocenters. The number of rotatable bonds is 4. The number of likely N-dealkylation sites (tertiary alicyclic amines) is 1. The number of carbonyl (C=O) groups excluding carboxylic acids is 2. The molecule has 1 amide bonds. The van der Waals surface area contributed by atoms with Crippen molar-refractivity contribution in [1.82, 2.24) is 4.90 Å². The average molecular weight is 334 g/mol. The number of amides is 1. The van der Waals surface area contributed by atoms with Gasteiger partial charge in [-0.15, -0.1) is 0 Å². The van der Waals surface area contributed by atoms with Crippen LogP contribution in [0.15, 0.2) is 30.3 Å². The molecule has 1 aromatic rings. The van der Waals surface area contributed by atoms with Gasteiger partial charge in [-0.1, -0.05) is 30.3 Å². The highest BCUT2D eigenvalue weighted by Crippen LogP contribution is 2.22. The normalized spacial score (nSPS) is 21.4. The van der Waals surface area contributed by atoms with Gasteiger partial charge in [-0.05, 0) is 32.8 Å². The number of carbonyl (C=O) groups is 2. The molecule has 2 atom stereocenters. The summed E-state index contributed by atoms with van der Waals surface area (Å²) < 4.78 is 11.2. The van der Waals surface area contributed by atoms with Crippen molar-refractivity contribution in [2.45, 2.75) is 45.5 Å². The number of aliphatic carboxylic acids is 1. The maximum atomic E-state index is 12.2. The molecule has 1 aliphatic heterocycles. The largest absolute Gasteiger partial charge is 0.550 e. The standard InChI is InChI=1S/C18H25NO5/c1-18(2,3)24-17(22)19-10-14(16(20)21)9-15(11-19)23-12-13-7-5-4-6-8-13/h4-8,14-15H,9-12H2,1-3H3,(H,20,21)/p-1. The molecule has 6 heteroatoms. The number of piperidine rings is 1. The highest BCUT2D eigenvalue weighted by Gasteiger charge is 2.33. The van der Waals surface area contributed by atoms with E-state index in [0.29, 0.717) is 19.6 Å². The minimum Gasteiger partial charge on any atom is -0.550 e. The van der Waals surface area contributed by atoms with Crippen LogP contribution >= 0.6 is 0 Å². The third-order valence-electron chi connectivity index (χ3n) is 3.73. The molecular weight excluding hydrogens is 310 g/mol. The van der Waals surface area contributed by atoms with Crippen molar-refractivity contribution in [2.24, 2.45) is 5.92 Å². The lowest BCUT2D eigenvalue weighted by Gasteiger charge is -2.38. The number of carboxylic acid groups (broad SMARTS) is 1. The maximum Gasteiger partial charge on any atom is 0.410 e. The molecule has 1 aliphatic rings. The third kappa shape index (κ3) is 5.53. The summed E-state index contributed by atoms with van der Waals surface area (Å²) in [6, 6.07) is 9.61. The smallest absolute Gasteiger partial charge is 0.410 e. The number of nitrogens with zero attached hydrogens (tertiary/aromatic N) is 1. The van der Waals surface area contributed by atoms with Crippen molar-refractivity contribution in [3.8, 4) is 0 Å². The van der Waals surface area contributed by atoms with Crippen LogP contribution in [0.1, 0.15) is 32.8 Å². The average Bonchev–Trinajstić information content (AvgIpc) is 2.52. The fourth-order valence-corrected chi connectivity index (χ4v) is 2.61. The van der Waals surface area contributed by atoms with Crippen LogP contribution in [0.2, 0.25) is 0 Å². The predicted octanol–water partition coefficient (Wildman–Crippen LogP) is 1.58.